The highest BCUT2D eigenvalue weighted by Gasteiger charge is 2.38. The molecule has 2 aromatic carbocycles. The van der Waals surface area contributed by atoms with Gasteiger partial charge in [0, 0.05) is 10.6 Å². The summed E-state index contributed by atoms with van der Waals surface area (Å²) in [6, 6.07) is 12.3. The molecule has 0 fully saturated rings. The van der Waals surface area contributed by atoms with Gasteiger partial charge in [-0.15, -0.1) is 0 Å². The van der Waals surface area contributed by atoms with Gasteiger partial charge in [0.05, 0.1) is 4.90 Å². The molecule has 0 amide bonds. The summed E-state index contributed by atoms with van der Waals surface area (Å²) in [6.07, 6.45) is -0.857. The zero-order valence-electron chi connectivity index (χ0n) is 12.3. The molecule has 1 heterocycles. The largest absolute Gasteiger partial charge is 0.492 e. The second kappa shape index (κ2) is 6.23. The molecule has 124 valence electrons. The van der Waals surface area contributed by atoms with E-state index in [-0.39, 0.29) is 10.6 Å². The lowest BCUT2D eigenvalue weighted by Gasteiger charge is -2.10. The van der Waals surface area contributed by atoms with Crippen LogP contribution in [-0.2, 0) is 14.7 Å². The lowest BCUT2D eigenvalue weighted by molar-refractivity contribution is -0.490. The summed E-state index contributed by atoms with van der Waals surface area (Å²) in [5.41, 5.74) is 1.03. The Labute approximate surface area is 138 Å². The van der Waals surface area contributed by atoms with Crippen LogP contribution in [-0.4, -0.2) is 32.0 Å². The Hall–Kier alpha value is -2.43. The number of nitrogens with one attached hydrogen (secondary N) is 1. The minimum absolute atomic E-state index is 0.105. The van der Waals surface area contributed by atoms with Gasteiger partial charge >= 0.3 is 7.12 Å². The van der Waals surface area contributed by atoms with Crippen molar-refractivity contribution in [3.8, 4) is 0 Å². The van der Waals surface area contributed by atoms with Gasteiger partial charge < -0.3 is 9.68 Å². The van der Waals surface area contributed by atoms with Crippen LogP contribution in [0.4, 0.5) is 5.69 Å². The molecule has 0 spiro atoms. The van der Waals surface area contributed by atoms with Crippen molar-refractivity contribution in [2.24, 2.45) is 0 Å². The van der Waals surface area contributed by atoms with Crippen LogP contribution in [0.5, 0.6) is 0 Å². The van der Waals surface area contributed by atoms with Gasteiger partial charge in [-0.1, -0.05) is 24.3 Å². The quantitative estimate of drug-likeness (QED) is 0.462. The molecule has 1 aliphatic heterocycles. The van der Waals surface area contributed by atoms with E-state index in [1.54, 1.807) is 18.2 Å². The smallest absolute Gasteiger partial charge is 0.423 e. The van der Waals surface area contributed by atoms with Crippen molar-refractivity contribution in [1.29, 1.82) is 0 Å². The van der Waals surface area contributed by atoms with Crippen molar-refractivity contribution >= 4 is 28.3 Å². The van der Waals surface area contributed by atoms with Gasteiger partial charge in [-0.2, -0.15) is 0 Å². The predicted molar refractivity (Wildman–Crippen MR) is 87.0 cm³/mol. The van der Waals surface area contributed by atoms with Crippen molar-refractivity contribution in [2.75, 3.05) is 11.3 Å². The fourth-order valence-corrected chi connectivity index (χ4v) is 3.61. The highest BCUT2D eigenvalue weighted by Crippen LogP contribution is 2.26. The normalized spacial score (nSPS) is 16.7. The van der Waals surface area contributed by atoms with Crippen LogP contribution in [0.2, 0.25) is 0 Å². The van der Waals surface area contributed by atoms with Crippen molar-refractivity contribution < 1.29 is 23.0 Å². The van der Waals surface area contributed by atoms with E-state index < -0.39 is 34.7 Å². The van der Waals surface area contributed by atoms with Crippen LogP contribution < -0.4 is 10.2 Å². The number of anilines is 1. The van der Waals surface area contributed by atoms with E-state index >= 15 is 0 Å². The summed E-state index contributed by atoms with van der Waals surface area (Å²) in [6.45, 7) is -0.473. The molecule has 1 atom stereocenters. The SMILES string of the molecule is O=[N+]([O-])CC1OB(O)c2cc(NS(=O)(=O)c3ccccc3)ccc21. The van der Waals surface area contributed by atoms with Crippen LogP contribution in [0.1, 0.15) is 11.7 Å². The van der Waals surface area contributed by atoms with Gasteiger partial charge in [0.15, 0.2) is 0 Å². The molecule has 0 aromatic heterocycles. The molecule has 2 N–H and O–H groups in total. The second-order valence-electron chi connectivity index (χ2n) is 5.25. The number of rotatable bonds is 5. The first kappa shape index (κ1) is 16.4. The summed E-state index contributed by atoms with van der Waals surface area (Å²) in [4.78, 5) is 10.2. The number of benzene rings is 2. The van der Waals surface area contributed by atoms with Crippen LogP contribution in [0.15, 0.2) is 53.4 Å². The van der Waals surface area contributed by atoms with Crippen LogP contribution in [0.3, 0.4) is 0 Å². The molecule has 1 aliphatic rings. The summed E-state index contributed by atoms with van der Waals surface area (Å²) in [5.74, 6) is 0. The van der Waals surface area contributed by atoms with Gasteiger partial charge in [-0.3, -0.25) is 14.8 Å². The average Bonchev–Trinajstić information content (AvgIpc) is 2.83. The third-order valence-electron chi connectivity index (χ3n) is 3.61. The van der Waals surface area contributed by atoms with Crippen LogP contribution in [0.25, 0.3) is 0 Å². The maximum absolute atomic E-state index is 12.3. The molecule has 1 unspecified atom stereocenters. The van der Waals surface area contributed by atoms with Crippen LogP contribution >= 0.6 is 0 Å². The number of sulfonamides is 1. The van der Waals surface area contributed by atoms with E-state index in [0.717, 1.165) is 0 Å². The molecule has 0 aliphatic carbocycles. The Bertz CT molecular complexity index is 874. The van der Waals surface area contributed by atoms with Crippen molar-refractivity contribution in [2.45, 2.75) is 11.0 Å². The Morgan fingerprint density at radius 1 is 1.25 bits per heavy atom. The lowest BCUT2D eigenvalue weighted by Crippen LogP contribution is -2.28. The van der Waals surface area contributed by atoms with E-state index in [1.807, 2.05) is 0 Å². The Balaban J connectivity index is 1.87. The third-order valence-corrected chi connectivity index (χ3v) is 5.01. The Kier molecular flexibility index (Phi) is 4.27. The summed E-state index contributed by atoms with van der Waals surface area (Å²) in [5, 5.41) is 20.5. The van der Waals surface area contributed by atoms with E-state index in [9.17, 15) is 23.6 Å². The number of nitrogens with zero attached hydrogens (tertiary/aromatic N) is 1. The standard InChI is InChI=1S/C14H13BN2O6S/c18-15-13-8-10(6-7-12(13)14(23-15)9-17(19)20)16-24(21,22)11-4-2-1-3-5-11/h1-8,14,16,18H,9H2. The first-order valence-corrected chi connectivity index (χ1v) is 8.52. The third kappa shape index (κ3) is 3.25. The maximum Gasteiger partial charge on any atom is 0.492 e. The topological polar surface area (TPSA) is 119 Å². The van der Waals surface area contributed by atoms with E-state index in [2.05, 4.69) is 4.72 Å². The van der Waals surface area contributed by atoms with Crippen molar-refractivity contribution in [3.63, 3.8) is 0 Å². The summed E-state index contributed by atoms with van der Waals surface area (Å²) >= 11 is 0. The zero-order valence-corrected chi connectivity index (χ0v) is 13.1. The highest BCUT2D eigenvalue weighted by atomic mass is 32.2. The van der Waals surface area contributed by atoms with Gasteiger partial charge in [0.1, 0.15) is 6.10 Å². The minimum Gasteiger partial charge on any atom is -0.423 e. The van der Waals surface area contributed by atoms with Gasteiger partial charge in [-0.25, -0.2) is 8.42 Å². The van der Waals surface area contributed by atoms with Crippen LogP contribution in [0, 0.1) is 10.1 Å². The molecular formula is C14H13BN2O6S. The fraction of sp³-hybridized carbons (Fsp3) is 0.143. The van der Waals surface area contributed by atoms with Gasteiger partial charge in [0.2, 0.25) is 6.54 Å². The highest BCUT2D eigenvalue weighted by molar-refractivity contribution is 7.92. The molecular weight excluding hydrogens is 335 g/mol. The van der Waals surface area contributed by atoms with E-state index in [4.69, 9.17) is 4.65 Å². The molecule has 10 heteroatoms. The second-order valence-corrected chi connectivity index (χ2v) is 6.94. The summed E-state index contributed by atoms with van der Waals surface area (Å²) < 4.78 is 32.2. The molecule has 0 saturated carbocycles. The van der Waals surface area contributed by atoms with Crippen molar-refractivity contribution in [3.05, 3.63) is 64.2 Å². The molecule has 3 rings (SSSR count). The van der Waals surface area contributed by atoms with Gasteiger partial charge in [0.25, 0.3) is 10.0 Å². The number of fused-ring (bicyclic) bond motifs is 1. The van der Waals surface area contributed by atoms with E-state index in [1.165, 1.54) is 30.3 Å². The lowest BCUT2D eigenvalue weighted by atomic mass is 9.79. The number of nitro groups is 1. The molecule has 0 bridgehead atoms. The number of hydrogen-bond donors (Lipinski definition) is 2. The maximum atomic E-state index is 12.3. The first-order chi connectivity index (χ1) is 11.4. The molecule has 24 heavy (non-hydrogen) atoms. The average molecular weight is 348 g/mol. The monoisotopic (exact) mass is 348 g/mol. The van der Waals surface area contributed by atoms with E-state index in [0.29, 0.717) is 11.0 Å². The Morgan fingerprint density at radius 2 is 1.96 bits per heavy atom. The van der Waals surface area contributed by atoms with Gasteiger partial charge in [-0.05, 0) is 35.3 Å². The molecule has 8 nitrogen and oxygen atoms in total. The Morgan fingerprint density at radius 3 is 2.62 bits per heavy atom. The zero-order chi connectivity index (χ0) is 17.3. The van der Waals surface area contributed by atoms with Crippen molar-refractivity contribution in [1.82, 2.24) is 0 Å². The summed E-state index contributed by atoms with van der Waals surface area (Å²) in [7, 11) is -5.09. The molecule has 2 aromatic rings. The predicted octanol–water partition coefficient (Wildman–Crippen LogP) is 0.523. The molecule has 0 radical (unpaired) electrons. The molecule has 0 saturated heterocycles. The minimum atomic E-state index is -3.76. The first-order valence-electron chi connectivity index (χ1n) is 7.04. The number of hydrogen-bond acceptors (Lipinski definition) is 6. The fourth-order valence-electron chi connectivity index (χ4n) is 2.54.